The van der Waals surface area contributed by atoms with Gasteiger partial charge in [0.05, 0.1) is 7.11 Å². The van der Waals surface area contributed by atoms with Gasteiger partial charge in [0.2, 0.25) is 5.91 Å². The third-order valence-electron chi connectivity index (χ3n) is 3.91. The van der Waals surface area contributed by atoms with Gasteiger partial charge in [-0.2, -0.15) is 13.2 Å². The van der Waals surface area contributed by atoms with Crippen LogP contribution in [0.2, 0.25) is 0 Å². The minimum Gasteiger partial charge on any atom is -0.491 e. The third kappa shape index (κ3) is 7.43. The lowest BCUT2D eigenvalue weighted by Crippen LogP contribution is -2.24. The van der Waals surface area contributed by atoms with Crippen LogP contribution in [0.4, 0.5) is 19.0 Å². The van der Waals surface area contributed by atoms with Crippen molar-refractivity contribution in [2.45, 2.75) is 33.5 Å². The summed E-state index contributed by atoms with van der Waals surface area (Å²) in [5.74, 6) is -0.930. The molecule has 2 aromatic rings. The van der Waals surface area contributed by atoms with Gasteiger partial charge in [0, 0.05) is 29.9 Å². The Morgan fingerprint density at radius 3 is 2.52 bits per heavy atom. The number of amides is 2. The number of ether oxygens (including phenoxy) is 2. The van der Waals surface area contributed by atoms with E-state index < -0.39 is 18.7 Å². The van der Waals surface area contributed by atoms with Crippen LogP contribution in [0.1, 0.15) is 35.5 Å². The van der Waals surface area contributed by atoms with Crippen molar-refractivity contribution in [3.05, 3.63) is 41.2 Å². The molecule has 11 heteroatoms. The quantitative estimate of drug-likeness (QED) is 0.653. The fraction of sp³-hybridized carbons (Fsp3) is 0.400. The highest BCUT2D eigenvalue weighted by molar-refractivity contribution is 5.97. The predicted octanol–water partition coefficient (Wildman–Crippen LogP) is 3.26. The number of hydrogen-bond acceptors (Lipinski definition) is 6. The van der Waals surface area contributed by atoms with Gasteiger partial charge in [-0.3, -0.25) is 9.59 Å². The maximum atomic E-state index is 12.5. The van der Waals surface area contributed by atoms with E-state index in [-0.39, 0.29) is 41.4 Å². The van der Waals surface area contributed by atoms with Crippen molar-refractivity contribution < 1.29 is 32.2 Å². The molecule has 0 saturated heterocycles. The number of alkyl halides is 3. The molecule has 168 valence electrons. The van der Waals surface area contributed by atoms with Crippen molar-refractivity contribution in [3.8, 4) is 11.6 Å². The average Bonchev–Trinajstić information content (AvgIpc) is 2.69. The summed E-state index contributed by atoms with van der Waals surface area (Å²) in [5.41, 5.74) is 1.32. The molecule has 0 aliphatic heterocycles. The maximum absolute atomic E-state index is 12.5. The molecule has 2 rings (SSSR count). The monoisotopic (exact) mass is 440 g/mol. The van der Waals surface area contributed by atoms with Gasteiger partial charge in [-0.1, -0.05) is 13.8 Å². The molecule has 0 bridgehead atoms. The lowest BCUT2D eigenvalue weighted by atomic mass is 10.2. The number of nitrogens with zero attached hydrogens (tertiary/aromatic N) is 2. The lowest BCUT2D eigenvalue weighted by molar-refractivity contribution is -0.154. The molecule has 0 aliphatic rings. The molecule has 0 unspecified atom stereocenters. The van der Waals surface area contributed by atoms with E-state index in [0.29, 0.717) is 11.3 Å². The Bertz CT molecular complexity index is 949. The van der Waals surface area contributed by atoms with E-state index in [1.54, 1.807) is 26.8 Å². The van der Waals surface area contributed by atoms with E-state index in [4.69, 9.17) is 4.74 Å². The first kappa shape index (κ1) is 23.9. The topological polar surface area (TPSA) is 102 Å². The largest absolute Gasteiger partial charge is 0.491 e. The van der Waals surface area contributed by atoms with Crippen LogP contribution in [0.15, 0.2) is 24.4 Å². The molecule has 0 fully saturated rings. The summed E-state index contributed by atoms with van der Waals surface area (Å²) in [5, 5.41) is 5.32. The number of pyridine rings is 2. The summed E-state index contributed by atoms with van der Waals surface area (Å²) in [6.45, 7) is 3.71. The Kier molecular flexibility index (Phi) is 7.78. The number of carbonyl (C=O) groups excluding carboxylic acids is 2. The first-order valence-corrected chi connectivity index (χ1v) is 9.28. The van der Waals surface area contributed by atoms with Crippen molar-refractivity contribution in [3.63, 3.8) is 0 Å². The summed E-state index contributed by atoms with van der Waals surface area (Å²) in [6, 6.07) is 4.44. The summed E-state index contributed by atoms with van der Waals surface area (Å²) in [4.78, 5) is 32.4. The molecule has 2 heterocycles. The van der Waals surface area contributed by atoms with Crippen molar-refractivity contribution in [2.24, 2.45) is 5.92 Å². The Morgan fingerprint density at radius 1 is 1.19 bits per heavy atom. The fourth-order valence-electron chi connectivity index (χ4n) is 2.39. The van der Waals surface area contributed by atoms with E-state index in [0.717, 1.165) is 0 Å². The van der Waals surface area contributed by atoms with Crippen molar-refractivity contribution in [1.29, 1.82) is 0 Å². The van der Waals surface area contributed by atoms with E-state index in [2.05, 4.69) is 25.3 Å². The molecule has 2 amide bonds. The molecule has 0 atom stereocenters. The summed E-state index contributed by atoms with van der Waals surface area (Å²) in [7, 11) is 1.27. The normalized spacial score (nSPS) is 11.2. The van der Waals surface area contributed by atoms with Crippen LogP contribution in [0.3, 0.4) is 0 Å². The molecule has 2 N–H and O–H groups in total. The summed E-state index contributed by atoms with van der Waals surface area (Å²) < 4.78 is 46.6. The molecule has 31 heavy (non-hydrogen) atoms. The van der Waals surface area contributed by atoms with Crippen LogP contribution in [-0.4, -0.2) is 41.7 Å². The molecular weight excluding hydrogens is 417 g/mol. The molecule has 0 aromatic carbocycles. The molecular formula is C20H23F3N4O4. The second kappa shape index (κ2) is 10.1. The van der Waals surface area contributed by atoms with Gasteiger partial charge in [-0.05, 0) is 30.7 Å². The number of rotatable bonds is 8. The second-order valence-corrected chi connectivity index (χ2v) is 6.96. The van der Waals surface area contributed by atoms with E-state index in [1.807, 2.05) is 0 Å². The minimum absolute atomic E-state index is 0.00874. The van der Waals surface area contributed by atoms with Crippen LogP contribution in [-0.2, 0) is 11.3 Å². The molecule has 0 spiro atoms. The first-order valence-electron chi connectivity index (χ1n) is 9.28. The molecule has 2 aromatic heterocycles. The van der Waals surface area contributed by atoms with E-state index in [9.17, 15) is 22.8 Å². The van der Waals surface area contributed by atoms with Crippen molar-refractivity contribution >= 4 is 17.6 Å². The highest BCUT2D eigenvalue weighted by Crippen LogP contribution is 2.27. The van der Waals surface area contributed by atoms with Gasteiger partial charge in [0.1, 0.15) is 5.82 Å². The van der Waals surface area contributed by atoms with Crippen LogP contribution in [0, 0.1) is 12.8 Å². The highest BCUT2D eigenvalue weighted by Gasteiger charge is 2.29. The van der Waals surface area contributed by atoms with E-state index >= 15 is 0 Å². The lowest BCUT2D eigenvalue weighted by Gasteiger charge is -2.13. The van der Waals surface area contributed by atoms with Gasteiger partial charge < -0.3 is 20.1 Å². The third-order valence-corrected chi connectivity index (χ3v) is 3.91. The van der Waals surface area contributed by atoms with Gasteiger partial charge in [0.15, 0.2) is 12.4 Å². The van der Waals surface area contributed by atoms with Crippen LogP contribution in [0.25, 0.3) is 0 Å². The van der Waals surface area contributed by atoms with Gasteiger partial charge in [-0.15, -0.1) is 0 Å². The zero-order valence-corrected chi connectivity index (χ0v) is 17.5. The van der Waals surface area contributed by atoms with Crippen molar-refractivity contribution in [2.75, 3.05) is 19.0 Å². The standard InChI is InChI=1S/C20H23F3N4O4/c1-11(2)17(28)27-16-7-14(5-12(3)26-16)18(29)24-8-13-6-15(30-4)19(25-9-13)31-10-20(21,22)23/h5-7,9,11H,8,10H2,1-4H3,(H,24,29)(H,26,27,28). The number of nitrogens with one attached hydrogen (secondary N) is 2. The van der Waals surface area contributed by atoms with Crippen LogP contribution < -0.4 is 20.1 Å². The van der Waals surface area contributed by atoms with Crippen molar-refractivity contribution in [1.82, 2.24) is 15.3 Å². The van der Waals surface area contributed by atoms with Crippen LogP contribution >= 0.6 is 0 Å². The van der Waals surface area contributed by atoms with Crippen LogP contribution in [0.5, 0.6) is 11.6 Å². The SMILES string of the molecule is COc1cc(CNC(=O)c2cc(C)nc(NC(=O)C(C)C)c2)cnc1OCC(F)(F)F. The summed E-state index contributed by atoms with van der Waals surface area (Å²) >= 11 is 0. The number of methoxy groups -OCH3 is 1. The Labute approximate surface area is 177 Å². The number of hydrogen-bond donors (Lipinski definition) is 2. The number of aryl methyl sites for hydroxylation is 1. The molecule has 0 saturated carbocycles. The number of halogens is 3. The van der Waals surface area contributed by atoms with Gasteiger partial charge in [0.25, 0.3) is 11.8 Å². The molecule has 0 aliphatic carbocycles. The first-order chi connectivity index (χ1) is 14.5. The number of carbonyl (C=O) groups is 2. The predicted molar refractivity (Wildman–Crippen MR) is 106 cm³/mol. The van der Waals surface area contributed by atoms with Gasteiger partial charge in [-0.25, -0.2) is 9.97 Å². The Morgan fingerprint density at radius 2 is 1.90 bits per heavy atom. The van der Waals surface area contributed by atoms with Gasteiger partial charge >= 0.3 is 6.18 Å². The second-order valence-electron chi connectivity index (χ2n) is 6.96. The molecule has 8 nitrogen and oxygen atoms in total. The smallest absolute Gasteiger partial charge is 0.422 e. The zero-order chi connectivity index (χ0) is 23.2. The summed E-state index contributed by atoms with van der Waals surface area (Å²) in [6.07, 6.45) is -3.23. The highest BCUT2D eigenvalue weighted by atomic mass is 19.4. The zero-order valence-electron chi connectivity index (χ0n) is 17.5. The fourth-order valence-corrected chi connectivity index (χ4v) is 2.39. The van der Waals surface area contributed by atoms with E-state index in [1.165, 1.54) is 25.4 Å². The number of aromatic nitrogens is 2. The average molecular weight is 440 g/mol. The Hall–Kier alpha value is -3.37. The number of anilines is 1. The Balaban J connectivity index is 2.06. The molecule has 0 radical (unpaired) electrons. The minimum atomic E-state index is -4.50. The maximum Gasteiger partial charge on any atom is 0.422 e.